The maximum absolute atomic E-state index is 12.4. The number of esters is 2. The first-order valence-corrected chi connectivity index (χ1v) is 9.34. The Hall–Kier alpha value is -1.58. The molecule has 0 aliphatic heterocycles. The third-order valence-corrected chi connectivity index (χ3v) is 4.13. The highest BCUT2D eigenvalue weighted by molar-refractivity contribution is 6.02. The van der Waals surface area contributed by atoms with Crippen LogP contribution in [0, 0.1) is 5.92 Å². The Kier molecular flexibility index (Phi) is 10.1. The third-order valence-electron chi connectivity index (χ3n) is 4.13. The molecule has 0 aromatic carbocycles. The van der Waals surface area contributed by atoms with Crippen LogP contribution in [-0.4, -0.2) is 25.2 Å². The van der Waals surface area contributed by atoms with Crippen LogP contribution in [0.5, 0.6) is 0 Å². The van der Waals surface area contributed by atoms with Gasteiger partial charge in [-0.25, -0.2) is 9.59 Å². The summed E-state index contributed by atoms with van der Waals surface area (Å²) >= 11 is 0. The zero-order valence-corrected chi connectivity index (χ0v) is 15.4. The molecule has 136 valence electrons. The number of hydrogen-bond donors (Lipinski definition) is 0. The molecule has 0 aromatic rings. The standard InChI is InChI=1S/C20H32O4/c1-4-6-8-13-23-19(21)17-12-10-11-16(3)15-18(17)20(22)24-14-9-7-5-2/h10,12,16H,4-9,11,13-15H2,1-3H3. The average Bonchev–Trinajstić information content (AvgIpc) is 2.77. The van der Waals surface area contributed by atoms with Crippen molar-refractivity contribution < 1.29 is 19.1 Å². The fourth-order valence-corrected chi connectivity index (χ4v) is 2.64. The van der Waals surface area contributed by atoms with E-state index in [0.717, 1.165) is 44.9 Å². The van der Waals surface area contributed by atoms with E-state index in [4.69, 9.17) is 9.47 Å². The van der Waals surface area contributed by atoms with E-state index < -0.39 is 5.97 Å². The molecule has 1 atom stereocenters. The third kappa shape index (κ3) is 7.33. The highest BCUT2D eigenvalue weighted by Crippen LogP contribution is 2.25. The molecule has 1 rings (SSSR count). The molecule has 1 unspecified atom stereocenters. The molecular formula is C20H32O4. The Labute approximate surface area is 146 Å². The van der Waals surface area contributed by atoms with Gasteiger partial charge in [-0.2, -0.15) is 0 Å². The zero-order chi connectivity index (χ0) is 17.8. The Morgan fingerprint density at radius 2 is 1.58 bits per heavy atom. The molecule has 4 nitrogen and oxygen atoms in total. The molecule has 0 radical (unpaired) electrons. The van der Waals surface area contributed by atoms with Crippen molar-refractivity contribution in [2.45, 2.75) is 72.1 Å². The predicted molar refractivity (Wildman–Crippen MR) is 95.5 cm³/mol. The molecule has 0 N–H and O–H groups in total. The minimum Gasteiger partial charge on any atom is -0.462 e. The number of hydrogen-bond acceptors (Lipinski definition) is 4. The Morgan fingerprint density at radius 3 is 2.17 bits per heavy atom. The van der Waals surface area contributed by atoms with Crippen molar-refractivity contribution in [3.63, 3.8) is 0 Å². The summed E-state index contributed by atoms with van der Waals surface area (Å²) in [5.74, 6) is -0.466. The van der Waals surface area contributed by atoms with E-state index in [1.807, 2.05) is 6.08 Å². The molecular weight excluding hydrogens is 304 g/mol. The van der Waals surface area contributed by atoms with Crippen LogP contribution in [0.25, 0.3) is 0 Å². The van der Waals surface area contributed by atoms with Gasteiger partial charge in [0.25, 0.3) is 0 Å². The van der Waals surface area contributed by atoms with Crippen LogP contribution in [0.4, 0.5) is 0 Å². The van der Waals surface area contributed by atoms with Crippen molar-refractivity contribution >= 4 is 11.9 Å². The second kappa shape index (κ2) is 11.9. The van der Waals surface area contributed by atoms with Gasteiger partial charge in [0.05, 0.1) is 24.4 Å². The normalized spacial score (nSPS) is 17.5. The van der Waals surface area contributed by atoms with Gasteiger partial charge < -0.3 is 9.47 Å². The van der Waals surface area contributed by atoms with Gasteiger partial charge in [0.2, 0.25) is 0 Å². The first kappa shape index (κ1) is 20.5. The van der Waals surface area contributed by atoms with E-state index in [1.54, 1.807) is 6.08 Å². The van der Waals surface area contributed by atoms with E-state index in [9.17, 15) is 9.59 Å². The monoisotopic (exact) mass is 336 g/mol. The molecule has 0 aromatic heterocycles. The molecule has 0 bridgehead atoms. The summed E-state index contributed by atoms with van der Waals surface area (Å²) in [7, 11) is 0. The van der Waals surface area contributed by atoms with E-state index >= 15 is 0 Å². The van der Waals surface area contributed by atoms with Crippen molar-refractivity contribution in [1.82, 2.24) is 0 Å². The number of ether oxygens (including phenoxy) is 2. The summed E-state index contributed by atoms with van der Waals surface area (Å²) < 4.78 is 10.7. The van der Waals surface area contributed by atoms with Gasteiger partial charge in [0, 0.05) is 0 Å². The topological polar surface area (TPSA) is 52.6 Å². The molecule has 0 fully saturated rings. The van der Waals surface area contributed by atoms with Crippen LogP contribution < -0.4 is 0 Å². The molecule has 4 heteroatoms. The van der Waals surface area contributed by atoms with Gasteiger partial charge in [-0.3, -0.25) is 0 Å². The lowest BCUT2D eigenvalue weighted by Gasteiger charge is -2.13. The van der Waals surface area contributed by atoms with Crippen molar-refractivity contribution in [2.75, 3.05) is 13.2 Å². The van der Waals surface area contributed by atoms with E-state index in [0.29, 0.717) is 36.7 Å². The molecule has 24 heavy (non-hydrogen) atoms. The lowest BCUT2D eigenvalue weighted by molar-refractivity contribution is -0.142. The minimum absolute atomic E-state index is 0.310. The van der Waals surface area contributed by atoms with Gasteiger partial charge in [-0.15, -0.1) is 0 Å². The highest BCUT2D eigenvalue weighted by Gasteiger charge is 2.25. The van der Waals surface area contributed by atoms with E-state index in [2.05, 4.69) is 20.8 Å². The lowest BCUT2D eigenvalue weighted by atomic mass is 9.98. The second-order valence-corrected chi connectivity index (χ2v) is 6.53. The minimum atomic E-state index is -0.406. The van der Waals surface area contributed by atoms with Crippen molar-refractivity contribution in [1.29, 1.82) is 0 Å². The summed E-state index contributed by atoms with van der Waals surface area (Å²) in [6.45, 7) is 7.09. The molecule has 0 amide bonds. The molecule has 0 heterocycles. The summed E-state index contributed by atoms with van der Waals surface area (Å²) in [6, 6.07) is 0. The van der Waals surface area contributed by atoms with Gasteiger partial charge in [-0.1, -0.05) is 58.6 Å². The van der Waals surface area contributed by atoms with Crippen LogP contribution in [0.2, 0.25) is 0 Å². The number of unbranched alkanes of at least 4 members (excludes halogenated alkanes) is 4. The van der Waals surface area contributed by atoms with Crippen LogP contribution >= 0.6 is 0 Å². The summed E-state index contributed by atoms with van der Waals surface area (Å²) in [6.07, 6.45) is 11.0. The molecule has 0 saturated carbocycles. The van der Waals surface area contributed by atoms with Gasteiger partial charge >= 0.3 is 11.9 Å². The fourth-order valence-electron chi connectivity index (χ4n) is 2.64. The van der Waals surface area contributed by atoms with Gasteiger partial charge in [-0.05, 0) is 31.6 Å². The highest BCUT2D eigenvalue weighted by atomic mass is 16.5. The average molecular weight is 336 g/mol. The number of rotatable bonds is 10. The molecule has 1 aliphatic carbocycles. The van der Waals surface area contributed by atoms with E-state index in [-0.39, 0.29) is 5.97 Å². The largest absolute Gasteiger partial charge is 0.462 e. The molecule has 0 saturated heterocycles. The summed E-state index contributed by atoms with van der Waals surface area (Å²) in [5.41, 5.74) is 0.838. The Balaban J connectivity index is 2.76. The number of carbonyl (C=O) groups excluding carboxylic acids is 2. The summed E-state index contributed by atoms with van der Waals surface area (Å²) in [5, 5.41) is 0. The maximum atomic E-state index is 12.4. The lowest BCUT2D eigenvalue weighted by Crippen LogP contribution is -2.17. The zero-order valence-electron chi connectivity index (χ0n) is 15.4. The second-order valence-electron chi connectivity index (χ2n) is 6.53. The van der Waals surface area contributed by atoms with Crippen LogP contribution in [0.15, 0.2) is 23.3 Å². The van der Waals surface area contributed by atoms with Crippen LogP contribution in [-0.2, 0) is 19.1 Å². The fraction of sp³-hybridized carbons (Fsp3) is 0.700. The quantitative estimate of drug-likeness (QED) is 0.427. The number of allylic oxidation sites excluding steroid dienone is 1. The first-order chi connectivity index (χ1) is 11.6. The van der Waals surface area contributed by atoms with Crippen molar-refractivity contribution in [3.05, 3.63) is 23.3 Å². The SMILES string of the molecule is CCCCCOC(=O)C1=C(C(=O)OCCCCC)CC(C)CC=C1. The Morgan fingerprint density at radius 1 is 1.00 bits per heavy atom. The molecule has 1 aliphatic rings. The predicted octanol–water partition coefficient (Wildman–Crippen LogP) is 4.74. The number of carbonyl (C=O) groups is 2. The summed E-state index contributed by atoms with van der Waals surface area (Å²) in [4.78, 5) is 24.8. The first-order valence-electron chi connectivity index (χ1n) is 9.34. The smallest absolute Gasteiger partial charge is 0.338 e. The van der Waals surface area contributed by atoms with Crippen LogP contribution in [0.3, 0.4) is 0 Å². The maximum Gasteiger partial charge on any atom is 0.338 e. The van der Waals surface area contributed by atoms with Crippen molar-refractivity contribution in [2.24, 2.45) is 5.92 Å². The van der Waals surface area contributed by atoms with Gasteiger partial charge in [0.15, 0.2) is 0 Å². The van der Waals surface area contributed by atoms with Crippen LogP contribution in [0.1, 0.15) is 72.1 Å². The van der Waals surface area contributed by atoms with Crippen molar-refractivity contribution in [3.8, 4) is 0 Å². The van der Waals surface area contributed by atoms with E-state index in [1.165, 1.54) is 0 Å². The Bertz CT molecular complexity index is 462. The van der Waals surface area contributed by atoms with Gasteiger partial charge in [0.1, 0.15) is 0 Å². The molecule has 0 spiro atoms.